The first-order valence-corrected chi connectivity index (χ1v) is 11.4. The number of benzene rings is 1. The molecule has 0 radical (unpaired) electrons. The molecule has 1 saturated heterocycles. The van der Waals surface area contributed by atoms with E-state index in [0.29, 0.717) is 17.7 Å². The second-order valence-corrected chi connectivity index (χ2v) is 10.5. The normalized spacial score (nSPS) is 37.6. The van der Waals surface area contributed by atoms with Crippen LogP contribution in [0, 0.1) is 11.8 Å². The van der Waals surface area contributed by atoms with E-state index in [4.69, 9.17) is 0 Å². The molecule has 0 unspecified atom stereocenters. The third-order valence-corrected chi connectivity index (χ3v) is 8.15. The maximum absolute atomic E-state index is 12.4. The van der Waals surface area contributed by atoms with Crippen molar-refractivity contribution in [2.24, 2.45) is 11.8 Å². The quantitative estimate of drug-likeness (QED) is 0.730. The fourth-order valence-electron chi connectivity index (χ4n) is 6.52. The van der Waals surface area contributed by atoms with Crippen LogP contribution >= 0.6 is 0 Å². The third-order valence-electron chi connectivity index (χ3n) is 8.15. The number of likely N-dealkylation sites (tertiary alicyclic amines) is 1. The molecule has 4 heteroatoms. The lowest BCUT2D eigenvalue weighted by Gasteiger charge is -2.65. The SMILES string of the molecule is CC(C)CN[C@H]1CC[C@]23CCN(CC4CC4)[C@H](Cc4ccc(O)cc42)[C@]3(O)C1. The number of aromatic hydroxyl groups is 1. The Morgan fingerprint density at radius 3 is 2.79 bits per heavy atom. The van der Waals surface area contributed by atoms with E-state index in [1.165, 1.54) is 24.0 Å². The van der Waals surface area contributed by atoms with Crippen LogP contribution in [0.15, 0.2) is 18.2 Å². The predicted octanol–water partition coefficient (Wildman–Crippen LogP) is 3.20. The van der Waals surface area contributed by atoms with E-state index < -0.39 is 5.60 Å². The van der Waals surface area contributed by atoms with Crippen molar-refractivity contribution in [1.82, 2.24) is 10.2 Å². The average molecular weight is 385 g/mol. The van der Waals surface area contributed by atoms with E-state index in [0.717, 1.165) is 57.7 Å². The van der Waals surface area contributed by atoms with Gasteiger partial charge in [0.1, 0.15) is 5.75 Å². The lowest BCUT2D eigenvalue weighted by atomic mass is 9.49. The molecule has 0 aromatic heterocycles. The van der Waals surface area contributed by atoms with Crippen LogP contribution in [0.25, 0.3) is 0 Å². The Kier molecular flexibility index (Phi) is 4.53. The van der Waals surface area contributed by atoms with Crippen molar-refractivity contribution in [3.63, 3.8) is 0 Å². The molecule has 28 heavy (non-hydrogen) atoms. The van der Waals surface area contributed by atoms with Gasteiger partial charge in [0.2, 0.25) is 0 Å². The topological polar surface area (TPSA) is 55.7 Å². The van der Waals surface area contributed by atoms with Crippen LogP contribution < -0.4 is 5.32 Å². The minimum Gasteiger partial charge on any atom is -0.508 e. The molecule has 4 nitrogen and oxygen atoms in total. The van der Waals surface area contributed by atoms with Gasteiger partial charge in [-0.2, -0.15) is 0 Å². The summed E-state index contributed by atoms with van der Waals surface area (Å²) in [7, 11) is 0. The second-order valence-electron chi connectivity index (χ2n) is 10.5. The molecule has 1 aromatic carbocycles. The fraction of sp³-hybridized carbons (Fsp3) is 0.750. The molecule has 4 aliphatic rings. The van der Waals surface area contributed by atoms with E-state index in [1.807, 2.05) is 12.1 Å². The van der Waals surface area contributed by atoms with E-state index in [-0.39, 0.29) is 11.5 Å². The zero-order valence-electron chi connectivity index (χ0n) is 17.5. The van der Waals surface area contributed by atoms with Gasteiger partial charge >= 0.3 is 0 Å². The van der Waals surface area contributed by atoms with Crippen LogP contribution in [-0.2, 0) is 11.8 Å². The first-order valence-electron chi connectivity index (χ1n) is 11.4. The summed E-state index contributed by atoms with van der Waals surface area (Å²) in [6.45, 7) is 7.75. The zero-order chi connectivity index (χ0) is 19.5. The Morgan fingerprint density at radius 2 is 2.04 bits per heavy atom. The average Bonchev–Trinajstić information content (AvgIpc) is 3.46. The highest BCUT2D eigenvalue weighted by Crippen LogP contribution is 2.58. The van der Waals surface area contributed by atoms with Crippen LogP contribution in [0.2, 0.25) is 0 Å². The Balaban J connectivity index is 1.52. The third kappa shape index (κ3) is 2.91. The number of nitrogens with zero attached hydrogens (tertiary/aromatic N) is 1. The summed E-state index contributed by atoms with van der Waals surface area (Å²) in [5, 5.41) is 26.3. The molecule has 3 N–H and O–H groups in total. The van der Waals surface area contributed by atoms with Crippen molar-refractivity contribution in [1.29, 1.82) is 0 Å². The number of phenolic OH excluding ortho intramolecular Hbond substituents is 1. The van der Waals surface area contributed by atoms with Crippen molar-refractivity contribution in [2.45, 2.75) is 81.9 Å². The van der Waals surface area contributed by atoms with Crippen molar-refractivity contribution in [3.05, 3.63) is 29.3 Å². The Bertz CT molecular complexity index is 746. The summed E-state index contributed by atoms with van der Waals surface area (Å²) in [5.41, 5.74) is 1.69. The van der Waals surface area contributed by atoms with E-state index in [1.54, 1.807) is 0 Å². The number of nitrogens with one attached hydrogen (secondary N) is 1. The van der Waals surface area contributed by atoms with Crippen molar-refractivity contribution >= 4 is 0 Å². The van der Waals surface area contributed by atoms with Crippen molar-refractivity contribution < 1.29 is 10.2 Å². The van der Waals surface area contributed by atoms with Gasteiger partial charge in [-0.15, -0.1) is 0 Å². The highest BCUT2D eigenvalue weighted by molar-refractivity contribution is 5.48. The lowest BCUT2D eigenvalue weighted by molar-refractivity contribution is -0.172. The highest BCUT2D eigenvalue weighted by Gasteiger charge is 2.64. The Morgan fingerprint density at radius 1 is 1.21 bits per heavy atom. The summed E-state index contributed by atoms with van der Waals surface area (Å²) >= 11 is 0. The molecule has 0 amide bonds. The fourth-order valence-corrected chi connectivity index (χ4v) is 6.52. The van der Waals surface area contributed by atoms with Crippen molar-refractivity contribution in [2.75, 3.05) is 19.6 Å². The maximum Gasteiger partial charge on any atom is 0.115 e. The lowest BCUT2D eigenvalue weighted by Crippen LogP contribution is -2.74. The van der Waals surface area contributed by atoms with E-state index in [9.17, 15) is 10.2 Å². The van der Waals surface area contributed by atoms with Gasteiger partial charge in [-0.25, -0.2) is 0 Å². The Hall–Kier alpha value is -1.10. The summed E-state index contributed by atoms with van der Waals surface area (Å²) in [4.78, 5) is 2.62. The standard InChI is InChI=1S/C24H36N2O2/c1-16(2)14-25-19-7-8-23-9-10-26(15-17-3-4-17)22(24(23,28)13-19)11-18-5-6-20(27)12-21(18)23/h5-6,12,16-17,19,22,25,27-28H,3-4,7-11,13-15H2,1-2H3/t19-,22+,23-,24+/m0/s1. The van der Waals surface area contributed by atoms with E-state index in [2.05, 4.69) is 30.1 Å². The highest BCUT2D eigenvalue weighted by atomic mass is 16.3. The molecular weight excluding hydrogens is 348 g/mol. The summed E-state index contributed by atoms with van der Waals surface area (Å²) < 4.78 is 0. The van der Waals surface area contributed by atoms with Crippen molar-refractivity contribution in [3.8, 4) is 5.75 Å². The van der Waals surface area contributed by atoms with Gasteiger partial charge in [0.05, 0.1) is 5.60 Å². The van der Waals surface area contributed by atoms with Gasteiger partial charge in [0.15, 0.2) is 0 Å². The predicted molar refractivity (Wildman–Crippen MR) is 112 cm³/mol. The van der Waals surface area contributed by atoms with Gasteiger partial charge in [0, 0.05) is 24.0 Å². The molecule has 1 heterocycles. The molecule has 5 rings (SSSR count). The molecule has 4 atom stereocenters. The minimum atomic E-state index is -0.701. The van der Waals surface area contributed by atoms with Gasteiger partial charge in [-0.1, -0.05) is 19.9 Å². The largest absolute Gasteiger partial charge is 0.508 e. The first-order chi connectivity index (χ1) is 13.4. The molecule has 0 spiro atoms. The molecule has 1 aliphatic heterocycles. The van der Waals surface area contributed by atoms with Gasteiger partial charge in [-0.05, 0) is 93.1 Å². The monoisotopic (exact) mass is 384 g/mol. The molecule has 2 saturated carbocycles. The molecule has 1 aromatic rings. The number of aliphatic hydroxyl groups is 1. The van der Waals surface area contributed by atoms with Crippen LogP contribution in [0.4, 0.5) is 0 Å². The van der Waals surface area contributed by atoms with Crippen LogP contribution in [0.5, 0.6) is 5.75 Å². The van der Waals surface area contributed by atoms with Crippen LogP contribution in [-0.4, -0.2) is 52.4 Å². The summed E-state index contributed by atoms with van der Waals surface area (Å²) in [6.07, 6.45) is 7.60. The zero-order valence-corrected chi connectivity index (χ0v) is 17.5. The Labute approximate surface area is 169 Å². The van der Waals surface area contributed by atoms with Gasteiger partial charge < -0.3 is 15.5 Å². The smallest absolute Gasteiger partial charge is 0.115 e. The molecule has 3 fully saturated rings. The molecule has 3 aliphatic carbocycles. The van der Waals surface area contributed by atoms with Gasteiger partial charge in [0.25, 0.3) is 0 Å². The minimum absolute atomic E-state index is 0.194. The first kappa shape index (κ1) is 18.9. The number of piperidine rings is 1. The molecule has 154 valence electrons. The van der Waals surface area contributed by atoms with Gasteiger partial charge in [-0.3, -0.25) is 4.90 Å². The van der Waals surface area contributed by atoms with E-state index >= 15 is 0 Å². The molecular formula is C24H36N2O2. The second kappa shape index (κ2) is 6.72. The number of fused-ring (bicyclic) bond motifs is 1. The number of phenols is 1. The summed E-state index contributed by atoms with van der Waals surface area (Å²) in [6, 6.07) is 6.51. The van der Waals surface area contributed by atoms with Crippen LogP contribution in [0.1, 0.15) is 63.5 Å². The molecule has 2 bridgehead atoms. The number of hydrogen-bond acceptors (Lipinski definition) is 4. The summed E-state index contributed by atoms with van der Waals surface area (Å²) in [5.74, 6) is 1.81. The number of hydrogen-bond donors (Lipinski definition) is 3. The van der Waals surface area contributed by atoms with Crippen LogP contribution in [0.3, 0.4) is 0 Å². The maximum atomic E-state index is 12.4. The number of rotatable bonds is 5.